The molecule has 0 aliphatic rings. The van der Waals surface area contributed by atoms with Crippen LogP contribution in [0.15, 0.2) is 45.9 Å². The van der Waals surface area contributed by atoms with Crippen molar-refractivity contribution in [1.29, 1.82) is 0 Å². The molecule has 3 rings (SSSR count). The van der Waals surface area contributed by atoms with Crippen LogP contribution >= 0.6 is 11.3 Å². The summed E-state index contributed by atoms with van der Waals surface area (Å²) in [6.07, 6.45) is -3.41. The molecule has 0 amide bonds. The molecule has 0 saturated carbocycles. The van der Waals surface area contributed by atoms with Gasteiger partial charge >= 0.3 is 6.36 Å². The molecule has 0 saturated heterocycles. The minimum Gasteiger partial charge on any atom is -0.406 e. The first-order valence-electron chi connectivity index (χ1n) is 7.46. The molecule has 6 nitrogen and oxygen atoms in total. The quantitative estimate of drug-likeness (QED) is 0.648. The third-order valence-electron chi connectivity index (χ3n) is 3.50. The fourth-order valence-electron chi connectivity index (χ4n) is 2.55. The number of aromatic nitrogens is 1. The van der Waals surface area contributed by atoms with Crippen molar-refractivity contribution in [3.05, 3.63) is 46.3 Å². The van der Waals surface area contributed by atoms with Crippen molar-refractivity contribution in [3.8, 4) is 17.1 Å². The van der Waals surface area contributed by atoms with Gasteiger partial charge in [-0.15, -0.1) is 24.5 Å². The Balaban J connectivity index is 1.92. The van der Waals surface area contributed by atoms with E-state index in [-0.39, 0.29) is 10.6 Å². The SMILES string of the molecule is Cc1sc(C)c(S(=O)(=O)Nc2ccc(OC(F)(F)F)cc2)c1-c1ccno1. The molecule has 0 spiro atoms. The fourth-order valence-corrected chi connectivity index (χ4v) is 5.47. The molecule has 0 fully saturated rings. The molecule has 0 atom stereocenters. The van der Waals surface area contributed by atoms with Crippen LogP contribution in [-0.4, -0.2) is 19.9 Å². The molecule has 0 bridgehead atoms. The van der Waals surface area contributed by atoms with E-state index in [0.29, 0.717) is 16.2 Å². The lowest BCUT2D eigenvalue weighted by Crippen LogP contribution is -2.17. The number of aryl methyl sites for hydroxylation is 2. The minimum atomic E-state index is -4.82. The second-order valence-electron chi connectivity index (χ2n) is 5.47. The van der Waals surface area contributed by atoms with Gasteiger partial charge in [-0.25, -0.2) is 8.42 Å². The zero-order valence-corrected chi connectivity index (χ0v) is 15.6. The third-order valence-corrected chi connectivity index (χ3v) is 6.20. The Morgan fingerprint density at radius 1 is 1.11 bits per heavy atom. The maximum Gasteiger partial charge on any atom is 0.573 e. The maximum atomic E-state index is 12.9. The van der Waals surface area contributed by atoms with Gasteiger partial charge in [0.15, 0.2) is 5.76 Å². The van der Waals surface area contributed by atoms with Gasteiger partial charge in [-0.1, -0.05) is 5.16 Å². The monoisotopic (exact) mass is 418 g/mol. The highest BCUT2D eigenvalue weighted by atomic mass is 32.2. The Hall–Kier alpha value is -2.53. The maximum absolute atomic E-state index is 12.9. The summed E-state index contributed by atoms with van der Waals surface area (Å²) in [5.74, 6) is -0.137. The normalized spacial score (nSPS) is 12.2. The molecule has 11 heteroatoms. The summed E-state index contributed by atoms with van der Waals surface area (Å²) in [6.45, 7) is 3.42. The van der Waals surface area contributed by atoms with Gasteiger partial charge in [-0.3, -0.25) is 4.72 Å². The topological polar surface area (TPSA) is 81.4 Å². The molecule has 2 aromatic heterocycles. The van der Waals surface area contributed by atoms with E-state index in [2.05, 4.69) is 14.6 Å². The van der Waals surface area contributed by atoms with Crippen LogP contribution in [0.2, 0.25) is 0 Å². The molecule has 144 valence electrons. The minimum absolute atomic E-state index is 0.0392. The number of nitrogens with zero attached hydrogens (tertiary/aromatic N) is 1. The first-order valence-corrected chi connectivity index (χ1v) is 9.76. The Morgan fingerprint density at radius 3 is 2.33 bits per heavy atom. The standard InChI is InChI=1S/C16H13F3N2O4S2/c1-9-14(13-7-8-20-25-13)15(10(2)26-9)27(22,23)21-11-3-5-12(6-4-11)24-16(17,18)19/h3-8,21H,1-2H3. The van der Waals surface area contributed by atoms with Crippen molar-refractivity contribution in [3.63, 3.8) is 0 Å². The number of halogens is 3. The van der Waals surface area contributed by atoms with Gasteiger partial charge in [-0.2, -0.15) is 0 Å². The summed E-state index contributed by atoms with van der Waals surface area (Å²) in [7, 11) is -4.02. The van der Waals surface area contributed by atoms with Crippen LogP contribution < -0.4 is 9.46 Å². The van der Waals surface area contributed by atoms with Crippen molar-refractivity contribution < 1.29 is 30.8 Å². The molecule has 0 aliphatic heterocycles. The molecule has 1 N–H and O–H groups in total. The van der Waals surface area contributed by atoms with Crippen LogP contribution in [0.1, 0.15) is 9.75 Å². The second-order valence-corrected chi connectivity index (χ2v) is 8.52. The fraction of sp³-hybridized carbons (Fsp3) is 0.188. The van der Waals surface area contributed by atoms with Crippen molar-refractivity contribution in [2.24, 2.45) is 0 Å². The van der Waals surface area contributed by atoms with Gasteiger partial charge in [0.05, 0.1) is 11.8 Å². The number of ether oxygens (including phenoxy) is 1. The van der Waals surface area contributed by atoms with Crippen LogP contribution in [0, 0.1) is 13.8 Å². The van der Waals surface area contributed by atoms with Crippen LogP contribution in [-0.2, 0) is 10.0 Å². The predicted octanol–water partition coefficient (Wildman–Crippen LogP) is 4.72. The smallest absolute Gasteiger partial charge is 0.406 e. The first kappa shape index (κ1) is 19.2. The Bertz CT molecular complexity index is 1040. The van der Waals surface area contributed by atoms with E-state index < -0.39 is 22.1 Å². The lowest BCUT2D eigenvalue weighted by molar-refractivity contribution is -0.274. The molecular formula is C16H13F3N2O4S2. The summed E-state index contributed by atoms with van der Waals surface area (Å²) in [5, 5.41) is 3.60. The van der Waals surface area contributed by atoms with Gasteiger partial charge < -0.3 is 9.26 Å². The van der Waals surface area contributed by atoms with Gasteiger partial charge in [0.25, 0.3) is 10.0 Å². The van der Waals surface area contributed by atoms with Gasteiger partial charge in [0.1, 0.15) is 10.6 Å². The van der Waals surface area contributed by atoms with E-state index in [1.165, 1.54) is 29.7 Å². The molecule has 0 radical (unpaired) electrons. The summed E-state index contributed by atoms with van der Waals surface area (Å²) in [5.41, 5.74) is 0.496. The number of hydrogen-bond acceptors (Lipinski definition) is 6. The van der Waals surface area contributed by atoms with Crippen molar-refractivity contribution in [1.82, 2.24) is 5.16 Å². The van der Waals surface area contributed by atoms with E-state index in [1.807, 2.05) is 0 Å². The first-order chi connectivity index (χ1) is 12.6. The molecule has 3 aromatic rings. The lowest BCUT2D eigenvalue weighted by atomic mass is 10.2. The van der Waals surface area contributed by atoms with Gasteiger partial charge in [0, 0.05) is 21.5 Å². The molecule has 1 aromatic carbocycles. The Morgan fingerprint density at radius 2 is 1.78 bits per heavy atom. The van der Waals surface area contributed by atoms with Crippen LogP contribution in [0.25, 0.3) is 11.3 Å². The Kier molecular flexibility index (Phi) is 4.91. The van der Waals surface area contributed by atoms with Crippen LogP contribution in [0.5, 0.6) is 5.75 Å². The van der Waals surface area contributed by atoms with Crippen molar-refractivity contribution >= 4 is 27.0 Å². The van der Waals surface area contributed by atoms with Crippen LogP contribution in [0.3, 0.4) is 0 Å². The number of hydrogen-bond donors (Lipinski definition) is 1. The number of anilines is 1. The third kappa shape index (κ3) is 4.25. The summed E-state index contributed by atoms with van der Waals surface area (Å²) in [4.78, 5) is 1.32. The highest BCUT2D eigenvalue weighted by molar-refractivity contribution is 7.93. The summed E-state index contributed by atoms with van der Waals surface area (Å²) in [6, 6.07) is 5.96. The van der Waals surface area contributed by atoms with E-state index in [4.69, 9.17) is 4.52 Å². The number of rotatable bonds is 5. The molecule has 27 heavy (non-hydrogen) atoms. The average Bonchev–Trinajstić information content (AvgIpc) is 3.15. The number of benzene rings is 1. The highest BCUT2D eigenvalue weighted by Crippen LogP contribution is 2.39. The number of thiophene rings is 1. The van der Waals surface area contributed by atoms with E-state index in [1.54, 1.807) is 19.9 Å². The molecule has 2 heterocycles. The number of alkyl halides is 3. The van der Waals surface area contributed by atoms with Crippen molar-refractivity contribution in [2.45, 2.75) is 25.1 Å². The molecule has 0 aliphatic carbocycles. The highest BCUT2D eigenvalue weighted by Gasteiger charge is 2.31. The Labute approximate surface area is 156 Å². The molecular weight excluding hydrogens is 405 g/mol. The summed E-state index contributed by atoms with van der Waals surface area (Å²) >= 11 is 1.29. The number of sulfonamides is 1. The van der Waals surface area contributed by atoms with Crippen LogP contribution in [0.4, 0.5) is 18.9 Å². The van der Waals surface area contributed by atoms with Crippen molar-refractivity contribution in [2.75, 3.05) is 4.72 Å². The second kappa shape index (κ2) is 6.89. The van der Waals surface area contributed by atoms with Gasteiger partial charge in [-0.05, 0) is 38.1 Å². The zero-order valence-electron chi connectivity index (χ0n) is 14.0. The average molecular weight is 418 g/mol. The largest absolute Gasteiger partial charge is 0.573 e. The van der Waals surface area contributed by atoms with E-state index in [9.17, 15) is 21.6 Å². The van der Waals surface area contributed by atoms with Gasteiger partial charge in [0.2, 0.25) is 0 Å². The number of nitrogens with one attached hydrogen (secondary N) is 1. The zero-order chi connectivity index (χ0) is 19.8. The molecule has 0 unspecified atom stereocenters. The lowest BCUT2D eigenvalue weighted by Gasteiger charge is -2.12. The predicted molar refractivity (Wildman–Crippen MR) is 93.2 cm³/mol. The van der Waals surface area contributed by atoms with E-state index in [0.717, 1.165) is 17.0 Å². The summed E-state index contributed by atoms with van der Waals surface area (Å²) < 4.78 is 73.6. The van der Waals surface area contributed by atoms with E-state index >= 15 is 0 Å².